The van der Waals surface area contributed by atoms with Crippen molar-refractivity contribution in [2.45, 2.75) is 170 Å². The van der Waals surface area contributed by atoms with Crippen LogP contribution in [0.5, 0.6) is 0 Å². The van der Waals surface area contributed by atoms with Crippen molar-refractivity contribution in [3.05, 3.63) is 48.6 Å². The molecule has 6 aliphatic rings. The fourth-order valence-corrected chi connectivity index (χ4v) is 12.4. The lowest BCUT2D eigenvalue weighted by Gasteiger charge is -2.38. The molecule has 4 aliphatic carbocycles. The smallest absolute Gasteiger partial charge is 0.328 e. The molecule has 0 bridgehead atoms. The van der Waals surface area contributed by atoms with Crippen molar-refractivity contribution in [1.29, 1.82) is 0 Å². The van der Waals surface area contributed by atoms with E-state index in [1.54, 1.807) is 9.80 Å². The molecular formula is C56H85ClN10O11. The number of piperidine rings is 2. The number of carbonyl (C=O) groups excluding carboxylic acids is 7. The van der Waals surface area contributed by atoms with E-state index in [4.69, 9.17) is 15.2 Å². The third-order valence-corrected chi connectivity index (χ3v) is 17.4. The van der Waals surface area contributed by atoms with Gasteiger partial charge in [0.05, 0.1) is 32.7 Å². The Morgan fingerprint density at radius 1 is 0.615 bits per heavy atom. The maximum Gasteiger partial charge on any atom is 0.328 e. The molecule has 4 heterocycles. The number of nitrogens with zero attached hydrogens (tertiary/aromatic N) is 6. The Kier molecular flexibility index (Phi) is 20.6. The van der Waals surface area contributed by atoms with E-state index in [0.29, 0.717) is 19.0 Å². The van der Waals surface area contributed by atoms with Gasteiger partial charge in [-0.05, 0) is 71.0 Å². The first kappa shape index (κ1) is 63.0. The molecule has 0 radical (unpaired) electrons. The second kappa shape index (κ2) is 25.5. The molecule has 22 heteroatoms. The number of methoxy groups -OCH3 is 2. The molecule has 10 atom stereocenters. The number of fused-ring (bicyclic) bond motifs is 2. The summed E-state index contributed by atoms with van der Waals surface area (Å²) in [5, 5.41) is 17.7. The Balaban J connectivity index is 0.000000236. The second-order valence-electron chi connectivity index (χ2n) is 25.2. The minimum atomic E-state index is -0.982. The minimum absolute atomic E-state index is 0. The Morgan fingerprint density at radius 3 is 1.37 bits per heavy atom. The van der Waals surface area contributed by atoms with Gasteiger partial charge in [0.1, 0.15) is 41.6 Å². The summed E-state index contributed by atoms with van der Waals surface area (Å²) < 4.78 is 9.97. The summed E-state index contributed by atoms with van der Waals surface area (Å²) in [6.45, 7) is 21.0. The molecule has 2 aliphatic heterocycles. The summed E-state index contributed by atoms with van der Waals surface area (Å²) in [7, 11) is 2.71. The molecule has 6 N–H and O–H groups in total. The summed E-state index contributed by atoms with van der Waals surface area (Å²) in [6, 6.07) is -4.28. The predicted octanol–water partition coefficient (Wildman–Crippen LogP) is 5.02. The number of esters is 2. The molecule has 0 unspecified atom stereocenters. The maximum atomic E-state index is 14.0. The van der Waals surface area contributed by atoms with Crippen LogP contribution in [0, 0.1) is 57.2 Å². The van der Waals surface area contributed by atoms with Crippen LogP contribution in [-0.4, -0.2) is 146 Å². The zero-order valence-electron chi connectivity index (χ0n) is 47.6. The number of nitrogens with two attached hydrogens (primary N) is 1. The number of likely N-dealkylation sites (tertiary alicyclic amines) is 2. The highest BCUT2D eigenvalue weighted by Crippen LogP contribution is 2.66. The highest BCUT2D eigenvalue weighted by Gasteiger charge is 2.71. The monoisotopic (exact) mass is 1110 g/mol. The summed E-state index contributed by atoms with van der Waals surface area (Å²) in [4.78, 5) is 120. The van der Waals surface area contributed by atoms with Crippen molar-refractivity contribution >= 4 is 59.9 Å². The molecule has 6 fully saturated rings. The summed E-state index contributed by atoms with van der Waals surface area (Å²) in [6.07, 6.45) is 18.0. The lowest BCUT2D eigenvalue weighted by Crippen LogP contribution is -2.61. The van der Waals surface area contributed by atoms with Gasteiger partial charge in [-0.15, -0.1) is 12.4 Å². The number of hydrogen-bond acceptors (Lipinski definition) is 15. The van der Waals surface area contributed by atoms with Crippen LogP contribution in [0.2, 0.25) is 0 Å². The molecule has 2 aromatic heterocycles. The quantitative estimate of drug-likeness (QED) is 0.165. The molecule has 21 nitrogen and oxygen atoms in total. The van der Waals surface area contributed by atoms with Gasteiger partial charge in [-0.3, -0.25) is 33.9 Å². The topological polar surface area (TPSA) is 295 Å². The van der Waals surface area contributed by atoms with Crippen molar-refractivity contribution in [3.63, 3.8) is 0 Å². The molecule has 0 aromatic carbocycles. The Morgan fingerprint density at radius 2 is 1.01 bits per heavy atom. The average Bonchev–Trinajstić information content (AvgIpc) is 3.84. The van der Waals surface area contributed by atoms with Crippen LogP contribution in [0.25, 0.3) is 0 Å². The van der Waals surface area contributed by atoms with Crippen molar-refractivity contribution in [2.24, 2.45) is 62.9 Å². The summed E-state index contributed by atoms with van der Waals surface area (Å²) >= 11 is 0. The van der Waals surface area contributed by atoms with Crippen LogP contribution in [-0.2, 0) is 38.2 Å². The number of ether oxygens (including phenoxy) is 2. The molecule has 5 amide bonds. The van der Waals surface area contributed by atoms with Gasteiger partial charge in [0.2, 0.25) is 17.7 Å². The summed E-state index contributed by atoms with van der Waals surface area (Å²) in [5.74, 6) is -2.74. The zero-order chi connectivity index (χ0) is 56.9. The molecule has 8 rings (SSSR count). The number of carbonyl (C=O) groups is 8. The lowest BCUT2D eigenvalue weighted by molar-refractivity contribution is -0.155. The number of nitrogens with one attached hydrogen (secondary N) is 3. The van der Waals surface area contributed by atoms with E-state index in [1.807, 2.05) is 41.5 Å². The van der Waals surface area contributed by atoms with Crippen LogP contribution in [0.4, 0.5) is 0 Å². The standard InChI is InChI=1S/C28H41N5O5.C15H26N2O3.C13H17N3O3.ClH/c1-27(2,3)22(25(36)33-15-17-19(28(17,4)5)21(33)26(37)38-6)32-24(35)20(16-10-8-7-9-11-16)31-23(34)18-14-29-12-13-30-18;1-14(2,3)11(16)12(18)17-7-8-9(15(8,4)5)10(17)13(19)20-6;17-12(10-8-14-6-7-15-10)16-11(13(18)19)9-4-2-1-3-5-9;/h12-14,16-17,19-22H,7-11,15H2,1-6H3,(H,31,34)(H,32,35);8-11H,7,16H2,1-6H3;6-9,11H,1-5H2,(H,16,17)(H,18,19);1H/t17-,19-,20-,21-,22+;8-,9-,10-,11+;11-;/m000./s1. The minimum Gasteiger partial charge on any atom is -0.480 e. The highest BCUT2D eigenvalue weighted by molar-refractivity contribution is 5.98. The SMILES string of the molecule is COC(=O)[C@@H]1[C@@H]2[C@H](CN1C(=O)[C@@H](N)C(C)(C)C)C2(C)C.COC(=O)[C@@H]1[C@@H]2[C@H](CN1C(=O)[C@@H](NC(=O)[C@@H](NC(=O)c1cnccn1)C1CCCCC1)C(C)(C)C)C2(C)C.Cl.O=C(N[C@H](C(=O)O)C1CCCCC1)c1cnccn1. The van der Waals surface area contributed by atoms with Crippen LogP contribution < -0.4 is 21.7 Å². The normalized spacial score (nSPS) is 25.3. The van der Waals surface area contributed by atoms with Crippen molar-refractivity contribution in [3.8, 4) is 0 Å². The third-order valence-electron chi connectivity index (χ3n) is 17.4. The van der Waals surface area contributed by atoms with E-state index in [0.717, 1.165) is 64.2 Å². The van der Waals surface area contributed by atoms with Crippen molar-refractivity contribution in [1.82, 2.24) is 45.7 Å². The van der Waals surface area contributed by atoms with Gasteiger partial charge in [0.25, 0.3) is 11.8 Å². The van der Waals surface area contributed by atoms with E-state index in [1.165, 1.54) is 51.4 Å². The molecule has 432 valence electrons. The van der Waals surface area contributed by atoms with E-state index in [-0.39, 0.29) is 87.4 Å². The van der Waals surface area contributed by atoms with Gasteiger partial charge in [-0.1, -0.05) is 108 Å². The van der Waals surface area contributed by atoms with Crippen molar-refractivity contribution < 1.29 is 52.9 Å². The van der Waals surface area contributed by atoms with Crippen LogP contribution >= 0.6 is 12.4 Å². The predicted molar refractivity (Wildman–Crippen MR) is 290 cm³/mol. The molecule has 4 saturated carbocycles. The Bertz CT molecular complexity index is 2460. The number of carboxylic acid groups (broad SMARTS) is 1. The molecule has 78 heavy (non-hydrogen) atoms. The van der Waals surface area contributed by atoms with Gasteiger partial charge in [0.15, 0.2) is 0 Å². The highest BCUT2D eigenvalue weighted by atomic mass is 35.5. The Hall–Kier alpha value is -5.83. The van der Waals surface area contributed by atoms with Gasteiger partial charge < -0.3 is 46.1 Å². The zero-order valence-corrected chi connectivity index (χ0v) is 48.4. The molecule has 0 spiro atoms. The average molecular weight is 1110 g/mol. The van der Waals surface area contributed by atoms with Gasteiger partial charge in [-0.25, -0.2) is 24.4 Å². The number of rotatable bonds is 13. The molecular weight excluding hydrogens is 1020 g/mol. The molecule has 2 aromatic rings. The fourth-order valence-electron chi connectivity index (χ4n) is 12.4. The van der Waals surface area contributed by atoms with E-state index >= 15 is 0 Å². The van der Waals surface area contributed by atoms with Gasteiger partial charge in [-0.2, -0.15) is 0 Å². The Labute approximate surface area is 465 Å². The lowest BCUT2D eigenvalue weighted by atomic mass is 9.82. The first-order valence-electron chi connectivity index (χ1n) is 27.3. The third kappa shape index (κ3) is 14.1. The van der Waals surface area contributed by atoms with Crippen molar-refractivity contribution in [2.75, 3.05) is 27.3 Å². The van der Waals surface area contributed by atoms with Crippen LogP contribution in [0.15, 0.2) is 37.2 Å². The maximum absolute atomic E-state index is 14.0. The van der Waals surface area contributed by atoms with Gasteiger partial charge in [0, 0.05) is 49.7 Å². The van der Waals surface area contributed by atoms with Gasteiger partial charge >= 0.3 is 17.9 Å². The van der Waals surface area contributed by atoms with E-state index < -0.39 is 71.3 Å². The number of aliphatic carboxylic acids is 1. The number of hydrogen-bond donors (Lipinski definition) is 5. The molecule has 2 saturated heterocycles. The largest absolute Gasteiger partial charge is 0.480 e. The number of aromatic nitrogens is 4. The van der Waals surface area contributed by atoms with Crippen LogP contribution in [0.3, 0.4) is 0 Å². The first-order chi connectivity index (χ1) is 36.1. The first-order valence-corrected chi connectivity index (χ1v) is 27.3. The summed E-state index contributed by atoms with van der Waals surface area (Å²) in [5.41, 5.74) is 5.46. The number of carboxylic acids is 1. The van der Waals surface area contributed by atoms with Crippen LogP contribution in [0.1, 0.15) is 154 Å². The van der Waals surface area contributed by atoms with E-state index in [9.17, 15) is 43.5 Å². The number of amides is 5. The van der Waals surface area contributed by atoms with E-state index in [2.05, 4.69) is 63.6 Å². The number of halogens is 1. The second-order valence-corrected chi connectivity index (χ2v) is 25.2. The fraction of sp³-hybridized carbons (Fsp3) is 0.714.